The van der Waals surface area contributed by atoms with Gasteiger partial charge in [-0.15, -0.1) is 0 Å². The standard InChI is InChI=1S/C8H16O/c1-2-3-7-4-5-8(9)6-7/h7-9H,2-6H2,1H3. The summed E-state index contributed by atoms with van der Waals surface area (Å²) >= 11 is 0. The molecule has 1 aliphatic rings. The number of rotatable bonds is 2. The van der Waals surface area contributed by atoms with E-state index in [0.29, 0.717) is 0 Å². The van der Waals surface area contributed by atoms with Gasteiger partial charge in [-0.2, -0.15) is 0 Å². The zero-order valence-electron chi connectivity index (χ0n) is 6.14. The number of aliphatic hydroxyl groups excluding tert-OH is 1. The third kappa shape index (κ3) is 1.98. The SMILES string of the molecule is CCCC1CCC(O)C1. The Morgan fingerprint density at radius 1 is 1.44 bits per heavy atom. The Bertz CT molecular complexity index is 78.6. The van der Waals surface area contributed by atoms with Crippen LogP contribution in [0.2, 0.25) is 0 Å². The van der Waals surface area contributed by atoms with E-state index in [1.807, 2.05) is 0 Å². The second kappa shape index (κ2) is 3.21. The molecule has 0 radical (unpaired) electrons. The van der Waals surface area contributed by atoms with Crippen molar-refractivity contribution in [2.24, 2.45) is 5.92 Å². The molecule has 1 aliphatic carbocycles. The Labute approximate surface area is 57.1 Å². The fourth-order valence-electron chi connectivity index (χ4n) is 1.72. The molecule has 1 rings (SSSR count). The Hall–Kier alpha value is -0.0400. The van der Waals surface area contributed by atoms with Crippen LogP contribution in [0.5, 0.6) is 0 Å². The highest BCUT2D eigenvalue weighted by atomic mass is 16.3. The van der Waals surface area contributed by atoms with Gasteiger partial charge in [0.1, 0.15) is 0 Å². The first-order valence-electron chi connectivity index (χ1n) is 4.01. The smallest absolute Gasteiger partial charge is 0.0543 e. The van der Waals surface area contributed by atoms with Crippen LogP contribution >= 0.6 is 0 Å². The van der Waals surface area contributed by atoms with Gasteiger partial charge in [0, 0.05) is 0 Å². The van der Waals surface area contributed by atoms with Gasteiger partial charge in [0.15, 0.2) is 0 Å². The van der Waals surface area contributed by atoms with Gasteiger partial charge in [-0.3, -0.25) is 0 Å². The summed E-state index contributed by atoms with van der Waals surface area (Å²) < 4.78 is 0. The second-order valence-electron chi connectivity index (χ2n) is 3.12. The first-order valence-corrected chi connectivity index (χ1v) is 4.01. The van der Waals surface area contributed by atoms with Crippen molar-refractivity contribution in [1.82, 2.24) is 0 Å². The van der Waals surface area contributed by atoms with Crippen molar-refractivity contribution in [3.63, 3.8) is 0 Å². The molecule has 2 atom stereocenters. The summed E-state index contributed by atoms with van der Waals surface area (Å²) in [5, 5.41) is 9.13. The molecule has 9 heavy (non-hydrogen) atoms. The van der Waals surface area contributed by atoms with E-state index < -0.39 is 0 Å². The third-order valence-corrected chi connectivity index (χ3v) is 2.21. The Balaban J connectivity index is 2.14. The summed E-state index contributed by atoms with van der Waals surface area (Å²) in [6.45, 7) is 2.21. The molecule has 0 saturated heterocycles. The van der Waals surface area contributed by atoms with Crippen molar-refractivity contribution in [2.75, 3.05) is 0 Å². The van der Waals surface area contributed by atoms with Gasteiger partial charge in [0.2, 0.25) is 0 Å². The highest BCUT2D eigenvalue weighted by molar-refractivity contribution is 4.73. The molecule has 1 nitrogen and oxygen atoms in total. The molecule has 1 heteroatoms. The molecule has 1 saturated carbocycles. The van der Waals surface area contributed by atoms with Crippen LogP contribution in [-0.2, 0) is 0 Å². The quantitative estimate of drug-likeness (QED) is 0.602. The van der Waals surface area contributed by atoms with Crippen molar-refractivity contribution in [3.05, 3.63) is 0 Å². The van der Waals surface area contributed by atoms with Crippen LogP contribution in [0, 0.1) is 5.92 Å². The summed E-state index contributed by atoms with van der Waals surface area (Å²) in [6, 6.07) is 0. The van der Waals surface area contributed by atoms with Gasteiger partial charge in [-0.1, -0.05) is 19.8 Å². The summed E-state index contributed by atoms with van der Waals surface area (Å²) in [6.07, 6.45) is 5.99. The van der Waals surface area contributed by atoms with E-state index in [-0.39, 0.29) is 6.10 Å². The van der Waals surface area contributed by atoms with E-state index >= 15 is 0 Å². The Kier molecular flexibility index (Phi) is 2.52. The van der Waals surface area contributed by atoms with Gasteiger partial charge >= 0.3 is 0 Å². The molecule has 0 amide bonds. The highest BCUT2D eigenvalue weighted by Crippen LogP contribution is 2.28. The molecule has 0 heterocycles. The number of aliphatic hydroxyl groups is 1. The van der Waals surface area contributed by atoms with Crippen molar-refractivity contribution in [1.29, 1.82) is 0 Å². The highest BCUT2D eigenvalue weighted by Gasteiger charge is 2.21. The van der Waals surface area contributed by atoms with E-state index in [9.17, 15) is 0 Å². The van der Waals surface area contributed by atoms with Crippen molar-refractivity contribution in [2.45, 2.75) is 45.1 Å². The molecule has 0 bridgehead atoms. The summed E-state index contributed by atoms with van der Waals surface area (Å²) in [7, 11) is 0. The monoisotopic (exact) mass is 128 g/mol. The van der Waals surface area contributed by atoms with E-state index in [2.05, 4.69) is 6.92 Å². The molecule has 0 aromatic rings. The van der Waals surface area contributed by atoms with Crippen LogP contribution in [0.3, 0.4) is 0 Å². The summed E-state index contributed by atoms with van der Waals surface area (Å²) in [4.78, 5) is 0. The van der Waals surface area contributed by atoms with Gasteiger partial charge in [-0.25, -0.2) is 0 Å². The Morgan fingerprint density at radius 2 is 2.22 bits per heavy atom. The lowest BCUT2D eigenvalue weighted by atomic mass is 10.0. The number of hydrogen-bond acceptors (Lipinski definition) is 1. The van der Waals surface area contributed by atoms with E-state index in [1.54, 1.807) is 0 Å². The molecule has 0 aromatic heterocycles. The molecule has 1 N–H and O–H groups in total. The fraction of sp³-hybridized carbons (Fsp3) is 1.00. The maximum Gasteiger partial charge on any atom is 0.0543 e. The van der Waals surface area contributed by atoms with Crippen molar-refractivity contribution in [3.8, 4) is 0 Å². The van der Waals surface area contributed by atoms with E-state index in [1.165, 1.54) is 19.3 Å². The van der Waals surface area contributed by atoms with Crippen LogP contribution in [0.15, 0.2) is 0 Å². The number of hydrogen-bond donors (Lipinski definition) is 1. The van der Waals surface area contributed by atoms with Gasteiger partial charge < -0.3 is 5.11 Å². The van der Waals surface area contributed by atoms with Crippen molar-refractivity contribution >= 4 is 0 Å². The minimum Gasteiger partial charge on any atom is -0.393 e. The summed E-state index contributed by atoms with van der Waals surface area (Å²) in [5.41, 5.74) is 0. The maximum absolute atomic E-state index is 9.13. The molecule has 0 spiro atoms. The average Bonchev–Trinajstić information content (AvgIpc) is 2.17. The summed E-state index contributed by atoms with van der Waals surface area (Å²) in [5.74, 6) is 0.838. The topological polar surface area (TPSA) is 20.2 Å². The van der Waals surface area contributed by atoms with Crippen LogP contribution in [0.1, 0.15) is 39.0 Å². The molecular formula is C8H16O. The molecule has 2 unspecified atom stereocenters. The first-order chi connectivity index (χ1) is 4.33. The van der Waals surface area contributed by atoms with Crippen LogP contribution in [0.4, 0.5) is 0 Å². The lowest BCUT2D eigenvalue weighted by Gasteiger charge is -2.04. The molecule has 1 fully saturated rings. The minimum absolute atomic E-state index is 0.0292. The fourth-order valence-corrected chi connectivity index (χ4v) is 1.72. The predicted octanol–water partition coefficient (Wildman–Crippen LogP) is 1.95. The molecule has 0 aliphatic heterocycles. The molecule has 0 aromatic carbocycles. The van der Waals surface area contributed by atoms with Gasteiger partial charge in [-0.05, 0) is 25.2 Å². The van der Waals surface area contributed by atoms with Crippen molar-refractivity contribution < 1.29 is 5.11 Å². The predicted molar refractivity (Wildman–Crippen MR) is 38.3 cm³/mol. The van der Waals surface area contributed by atoms with Gasteiger partial charge in [0.05, 0.1) is 6.10 Å². The van der Waals surface area contributed by atoms with Crippen LogP contribution in [0.25, 0.3) is 0 Å². The van der Waals surface area contributed by atoms with Gasteiger partial charge in [0.25, 0.3) is 0 Å². The van der Waals surface area contributed by atoms with Crippen LogP contribution in [-0.4, -0.2) is 11.2 Å². The third-order valence-electron chi connectivity index (χ3n) is 2.21. The molecule has 54 valence electrons. The normalized spacial score (nSPS) is 35.3. The van der Waals surface area contributed by atoms with E-state index in [4.69, 9.17) is 5.11 Å². The first kappa shape index (κ1) is 7.07. The zero-order chi connectivity index (χ0) is 6.69. The lowest BCUT2D eigenvalue weighted by Crippen LogP contribution is -1.99. The Morgan fingerprint density at radius 3 is 2.67 bits per heavy atom. The second-order valence-corrected chi connectivity index (χ2v) is 3.12. The minimum atomic E-state index is 0.0292. The largest absolute Gasteiger partial charge is 0.393 e. The van der Waals surface area contributed by atoms with Crippen LogP contribution < -0.4 is 0 Å². The molecular weight excluding hydrogens is 112 g/mol. The van der Waals surface area contributed by atoms with E-state index in [0.717, 1.165) is 18.8 Å². The zero-order valence-corrected chi connectivity index (χ0v) is 6.14. The maximum atomic E-state index is 9.13. The lowest BCUT2D eigenvalue weighted by molar-refractivity contribution is 0.177. The average molecular weight is 128 g/mol.